The van der Waals surface area contributed by atoms with Gasteiger partial charge in [-0.25, -0.2) is 9.19 Å². The molecule has 3 aromatic rings. The molecule has 0 saturated heterocycles. The van der Waals surface area contributed by atoms with Gasteiger partial charge in [0.15, 0.2) is 5.58 Å². The molecule has 0 aliphatic heterocycles. The summed E-state index contributed by atoms with van der Waals surface area (Å²) in [7, 11) is -1.48. The van der Waals surface area contributed by atoms with E-state index in [1.165, 1.54) is 0 Å². The zero-order valence-electron chi connectivity index (χ0n) is 10.7. The summed E-state index contributed by atoms with van der Waals surface area (Å²) in [5.41, 5.74) is 7.96. The highest BCUT2D eigenvalue weighted by atomic mass is 35.5. The van der Waals surface area contributed by atoms with E-state index in [-0.39, 0.29) is 11.0 Å². The van der Waals surface area contributed by atoms with E-state index in [4.69, 9.17) is 33.4 Å². The van der Waals surface area contributed by atoms with Crippen molar-refractivity contribution in [3.8, 4) is 0 Å². The summed E-state index contributed by atoms with van der Waals surface area (Å²) in [5, 5.41) is 1.07. The number of hydrogen-bond donors (Lipinski definition) is 1. The van der Waals surface area contributed by atoms with Crippen molar-refractivity contribution in [2.45, 2.75) is 11.0 Å². The number of nitrogen functional groups attached to an aromatic ring is 1. The molecule has 7 heteroatoms. The Kier molecular flexibility index (Phi) is 3.89. The first-order chi connectivity index (χ1) is 10.0. The summed E-state index contributed by atoms with van der Waals surface area (Å²) in [6.45, 7) is 0. The molecule has 21 heavy (non-hydrogen) atoms. The minimum atomic E-state index is -1.48. The van der Waals surface area contributed by atoms with Crippen molar-refractivity contribution in [1.82, 2.24) is 4.98 Å². The molecule has 1 heterocycles. The number of anilines is 1. The Morgan fingerprint density at radius 3 is 2.62 bits per heavy atom. The molecule has 0 spiro atoms. The summed E-state index contributed by atoms with van der Waals surface area (Å²) in [6, 6.07) is 10.2. The predicted molar refractivity (Wildman–Crippen MR) is 85.0 cm³/mol. The second kappa shape index (κ2) is 5.67. The maximum Gasteiger partial charge on any atom is 0.288 e. The number of benzene rings is 2. The third-order valence-electron chi connectivity index (χ3n) is 2.92. The maximum absolute atomic E-state index is 12.4. The van der Waals surface area contributed by atoms with Gasteiger partial charge in [0.2, 0.25) is 0 Å². The fourth-order valence-electron chi connectivity index (χ4n) is 1.88. The Morgan fingerprint density at radius 2 is 1.90 bits per heavy atom. The van der Waals surface area contributed by atoms with Gasteiger partial charge in [0.25, 0.3) is 5.22 Å². The quantitative estimate of drug-likeness (QED) is 0.731. The summed E-state index contributed by atoms with van der Waals surface area (Å²) < 4.78 is 17.9. The highest BCUT2D eigenvalue weighted by Gasteiger charge is 2.16. The Labute approximate surface area is 133 Å². The van der Waals surface area contributed by atoms with Crippen molar-refractivity contribution in [3.05, 3.63) is 52.0 Å². The van der Waals surface area contributed by atoms with E-state index in [1.807, 2.05) is 0 Å². The van der Waals surface area contributed by atoms with Crippen LogP contribution in [0.1, 0.15) is 5.56 Å². The van der Waals surface area contributed by atoms with E-state index in [0.29, 0.717) is 32.4 Å². The van der Waals surface area contributed by atoms with Crippen molar-refractivity contribution in [2.75, 3.05) is 5.73 Å². The second-order valence-corrected chi connectivity index (χ2v) is 6.54. The molecule has 1 aromatic heterocycles. The van der Waals surface area contributed by atoms with Crippen LogP contribution in [0, 0.1) is 0 Å². The summed E-state index contributed by atoms with van der Waals surface area (Å²) in [6.07, 6.45) is 0. The molecule has 0 aliphatic rings. The predicted octanol–water partition coefficient (Wildman–Crippen LogP) is 4.02. The molecule has 1 atom stereocenters. The smallest absolute Gasteiger partial charge is 0.288 e. The van der Waals surface area contributed by atoms with E-state index < -0.39 is 10.8 Å². The topological polar surface area (TPSA) is 69.1 Å². The molecular formula is C14H10Cl2N2O2S. The summed E-state index contributed by atoms with van der Waals surface area (Å²) in [5.74, 6) is 0.140. The Bertz CT molecular complexity index is 828. The molecule has 3 rings (SSSR count). The van der Waals surface area contributed by atoms with E-state index in [1.54, 1.807) is 36.4 Å². The third kappa shape index (κ3) is 2.90. The zero-order chi connectivity index (χ0) is 15.0. The van der Waals surface area contributed by atoms with Gasteiger partial charge in [0.05, 0.1) is 5.75 Å². The Morgan fingerprint density at radius 1 is 1.19 bits per heavy atom. The molecule has 4 nitrogen and oxygen atoms in total. The molecule has 0 bridgehead atoms. The van der Waals surface area contributed by atoms with Crippen LogP contribution in [0.4, 0.5) is 5.69 Å². The van der Waals surface area contributed by atoms with Crippen LogP contribution in [-0.2, 0) is 16.6 Å². The van der Waals surface area contributed by atoms with Gasteiger partial charge in [-0.2, -0.15) is 0 Å². The van der Waals surface area contributed by atoms with Gasteiger partial charge in [-0.1, -0.05) is 29.3 Å². The van der Waals surface area contributed by atoms with Gasteiger partial charge < -0.3 is 10.2 Å². The lowest BCUT2D eigenvalue weighted by Gasteiger charge is -2.04. The lowest BCUT2D eigenvalue weighted by molar-refractivity contribution is 0.477. The first-order valence-corrected chi connectivity index (χ1v) is 8.09. The van der Waals surface area contributed by atoms with E-state index in [0.717, 1.165) is 0 Å². The van der Waals surface area contributed by atoms with Crippen LogP contribution in [0.5, 0.6) is 0 Å². The zero-order valence-corrected chi connectivity index (χ0v) is 13.0. The van der Waals surface area contributed by atoms with Crippen LogP contribution >= 0.6 is 23.2 Å². The van der Waals surface area contributed by atoms with Crippen molar-refractivity contribution >= 4 is 50.8 Å². The number of oxazole rings is 1. The molecule has 1 unspecified atom stereocenters. The standard InChI is InChI=1S/C14H10Cl2N2O2S/c15-10-2-1-3-11(16)9(10)7-21(19)14-18-12-5-4-8(17)6-13(12)20-14/h1-6H,7,17H2. The van der Waals surface area contributed by atoms with E-state index in [9.17, 15) is 4.21 Å². The van der Waals surface area contributed by atoms with Gasteiger partial charge in [-0.15, -0.1) is 0 Å². The van der Waals surface area contributed by atoms with Gasteiger partial charge in [-0.3, -0.25) is 0 Å². The monoisotopic (exact) mass is 340 g/mol. The molecule has 0 radical (unpaired) electrons. The van der Waals surface area contributed by atoms with Crippen LogP contribution in [0.2, 0.25) is 10.0 Å². The third-order valence-corrected chi connectivity index (χ3v) is 4.75. The minimum absolute atomic E-state index is 0.131. The highest BCUT2D eigenvalue weighted by molar-refractivity contribution is 7.84. The molecule has 108 valence electrons. The van der Waals surface area contributed by atoms with Crippen molar-refractivity contribution in [2.24, 2.45) is 0 Å². The number of halogens is 2. The molecule has 0 amide bonds. The SMILES string of the molecule is Nc1ccc2nc(S(=O)Cc3c(Cl)cccc3Cl)oc2c1. The largest absolute Gasteiger partial charge is 0.430 e. The van der Waals surface area contributed by atoms with E-state index >= 15 is 0 Å². The van der Waals surface area contributed by atoms with Gasteiger partial charge >= 0.3 is 0 Å². The van der Waals surface area contributed by atoms with Gasteiger partial charge in [0, 0.05) is 27.4 Å². The van der Waals surface area contributed by atoms with Crippen LogP contribution in [0.3, 0.4) is 0 Å². The molecule has 2 N–H and O–H groups in total. The fourth-order valence-corrected chi connectivity index (χ4v) is 3.65. The molecule has 0 fully saturated rings. The van der Waals surface area contributed by atoms with Crippen molar-refractivity contribution in [1.29, 1.82) is 0 Å². The maximum atomic E-state index is 12.4. The number of nitrogens with zero attached hydrogens (tertiary/aromatic N) is 1. The fraction of sp³-hybridized carbons (Fsp3) is 0.0714. The average Bonchev–Trinajstić information content (AvgIpc) is 2.86. The number of aromatic nitrogens is 1. The number of rotatable bonds is 3. The number of fused-ring (bicyclic) bond motifs is 1. The Balaban J connectivity index is 1.94. The lowest BCUT2D eigenvalue weighted by atomic mass is 10.2. The average molecular weight is 341 g/mol. The molecule has 2 aromatic carbocycles. The molecule has 0 saturated carbocycles. The summed E-state index contributed by atoms with van der Waals surface area (Å²) >= 11 is 12.1. The van der Waals surface area contributed by atoms with Crippen LogP contribution in [-0.4, -0.2) is 9.19 Å². The second-order valence-electron chi connectivity index (χ2n) is 4.40. The number of nitrogens with two attached hydrogens (primary N) is 1. The molecule has 0 aliphatic carbocycles. The van der Waals surface area contributed by atoms with E-state index in [2.05, 4.69) is 4.98 Å². The van der Waals surface area contributed by atoms with Crippen LogP contribution < -0.4 is 5.73 Å². The Hall–Kier alpha value is -1.56. The van der Waals surface area contributed by atoms with Crippen molar-refractivity contribution in [3.63, 3.8) is 0 Å². The van der Waals surface area contributed by atoms with Crippen LogP contribution in [0.25, 0.3) is 11.1 Å². The van der Waals surface area contributed by atoms with Gasteiger partial charge in [0.1, 0.15) is 16.3 Å². The summed E-state index contributed by atoms with van der Waals surface area (Å²) in [4.78, 5) is 4.20. The normalized spacial score (nSPS) is 12.7. The lowest BCUT2D eigenvalue weighted by Crippen LogP contribution is -1.98. The highest BCUT2D eigenvalue weighted by Crippen LogP contribution is 2.28. The minimum Gasteiger partial charge on any atom is -0.430 e. The first-order valence-electron chi connectivity index (χ1n) is 6.02. The first kappa shape index (κ1) is 14.4. The van der Waals surface area contributed by atoms with Crippen LogP contribution in [0.15, 0.2) is 46.0 Å². The number of hydrogen-bond acceptors (Lipinski definition) is 4. The van der Waals surface area contributed by atoms with Crippen molar-refractivity contribution < 1.29 is 8.63 Å². The van der Waals surface area contributed by atoms with Gasteiger partial charge in [-0.05, 0) is 24.3 Å². The molecular weight excluding hydrogens is 331 g/mol.